The minimum atomic E-state index is -1.06. The quantitative estimate of drug-likeness (QED) is 0.654. The van der Waals surface area contributed by atoms with Crippen LogP contribution in [0.1, 0.15) is 46.4 Å². The summed E-state index contributed by atoms with van der Waals surface area (Å²) in [6.07, 6.45) is 2.08. The Balaban J connectivity index is 1.54. The maximum atomic E-state index is 14.5. The molecule has 28 heavy (non-hydrogen) atoms. The summed E-state index contributed by atoms with van der Waals surface area (Å²) in [5.74, 6) is -2.67. The molecule has 3 N–H and O–H groups in total. The molecule has 4 rings (SSSR count). The molecule has 1 atom stereocenters. The SMILES string of the molecule is O=C1CCC(N2C(=O)c3cc(F)c(NCC4CCNCC4)cc3C2=O)C(=O)N1. The molecule has 3 aliphatic rings. The molecule has 9 heteroatoms. The number of hydrogen-bond donors (Lipinski definition) is 3. The third kappa shape index (κ3) is 3.26. The molecule has 1 aromatic rings. The van der Waals surface area contributed by atoms with Gasteiger partial charge in [-0.05, 0) is 50.4 Å². The van der Waals surface area contributed by atoms with Crippen molar-refractivity contribution in [3.8, 4) is 0 Å². The summed E-state index contributed by atoms with van der Waals surface area (Å²) in [5, 5.41) is 8.45. The van der Waals surface area contributed by atoms with Crippen LogP contribution in [0.2, 0.25) is 0 Å². The van der Waals surface area contributed by atoms with Crippen molar-refractivity contribution in [3.63, 3.8) is 0 Å². The number of imide groups is 2. The van der Waals surface area contributed by atoms with E-state index in [4.69, 9.17) is 0 Å². The molecule has 0 aliphatic carbocycles. The maximum Gasteiger partial charge on any atom is 0.262 e. The summed E-state index contributed by atoms with van der Waals surface area (Å²) in [6, 6.07) is 1.34. The van der Waals surface area contributed by atoms with Crippen molar-refractivity contribution >= 4 is 29.3 Å². The topological polar surface area (TPSA) is 108 Å². The van der Waals surface area contributed by atoms with Crippen LogP contribution in [0.25, 0.3) is 0 Å². The number of piperidine rings is 2. The van der Waals surface area contributed by atoms with Crippen LogP contribution in [0.15, 0.2) is 12.1 Å². The fraction of sp³-hybridized carbons (Fsp3) is 0.474. The molecule has 0 saturated carbocycles. The Kier molecular flexibility index (Phi) is 4.84. The van der Waals surface area contributed by atoms with E-state index in [0.29, 0.717) is 12.5 Å². The Labute approximate surface area is 160 Å². The first-order chi connectivity index (χ1) is 13.5. The van der Waals surface area contributed by atoms with Gasteiger partial charge in [0.2, 0.25) is 11.8 Å². The molecule has 1 unspecified atom stereocenters. The second-order valence-electron chi connectivity index (χ2n) is 7.40. The number of nitrogens with zero attached hydrogens (tertiary/aromatic N) is 1. The average Bonchev–Trinajstić information content (AvgIpc) is 2.91. The van der Waals surface area contributed by atoms with Gasteiger partial charge in [-0.15, -0.1) is 0 Å². The lowest BCUT2D eigenvalue weighted by atomic mass is 9.98. The van der Waals surface area contributed by atoms with E-state index in [9.17, 15) is 23.6 Å². The van der Waals surface area contributed by atoms with Crippen LogP contribution in [0.4, 0.5) is 10.1 Å². The number of carbonyl (C=O) groups excluding carboxylic acids is 4. The van der Waals surface area contributed by atoms with Gasteiger partial charge in [-0.3, -0.25) is 29.4 Å². The molecule has 0 spiro atoms. The predicted octanol–water partition coefficient (Wildman–Crippen LogP) is 0.638. The largest absolute Gasteiger partial charge is 0.382 e. The fourth-order valence-corrected chi connectivity index (χ4v) is 3.97. The summed E-state index contributed by atoms with van der Waals surface area (Å²) < 4.78 is 14.5. The highest BCUT2D eigenvalue weighted by Gasteiger charge is 2.45. The zero-order valence-corrected chi connectivity index (χ0v) is 15.2. The second-order valence-corrected chi connectivity index (χ2v) is 7.40. The van der Waals surface area contributed by atoms with E-state index in [0.717, 1.165) is 36.9 Å². The van der Waals surface area contributed by atoms with Crippen molar-refractivity contribution in [2.45, 2.75) is 31.7 Å². The van der Waals surface area contributed by atoms with Crippen LogP contribution in [0, 0.1) is 11.7 Å². The summed E-state index contributed by atoms with van der Waals surface area (Å²) in [5.41, 5.74) is 0.187. The number of amides is 4. The molecule has 2 saturated heterocycles. The van der Waals surface area contributed by atoms with E-state index in [2.05, 4.69) is 16.0 Å². The number of nitrogens with one attached hydrogen (secondary N) is 3. The summed E-state index contributed by atoms with van der Waals surface area (Å²) in [6.45, 7) is 2.43. The molecule has 0 radical (unpaired) electrons. The first kappa shape index (κ1) is 18.5. The monoisotopic (exact) mass is 388 g/mol. The van der Waals surface area contributed by atoms with Crippen molar-refractivity contribution < 1.29 is 23.6 Å². The molecule has 148 valence electrons. The van der Waals surface area contributed by atoms with E-state index in [1.54, 1.807) is 0 Å². The number of hydrogen-bond acceptors (Lipinski definition) is 6. The number of anilines is 1. The summed E-state index contributed by atoms with van der Waals surface area (Å²) in [7, 11) is 0. The smallest absolute Gasteiger partial charge is 0.262 e. The van der Waals surface area contributed by atoms with E-state index < -0.39 is 35.5 Å². The van der Waals surface area contributed by atoms with Crippen LogP contribution in [-0.2, 0) is 9.59 Å². The van der Waals surface area contributed by atoms with Gasteiger partial charge >= 0.3 is 0 Å². The standard InChI is InChI=1S/C19H21FN4O4/c20-13-7-11-12(8-14(13)22-9-10-3-5-21-6-4-10)19(28)24(18(11)27)15-1-2-16(25)23-17(15)26/h7-8,10,15,21-22H,1-6,9H2,(H,23,25,26). The highest BCUT2D eigenvalue weighted by molar-refractivity contribution is 6.23. The lowest BCUT2D eigenvalue weighted by molar-refractivity contribution is -0.136. The van der Waals surface area contributed by atoms with Crippen molar-refractivity contribution in [3.05, 3.63) is 29.1 Å². The number of carbonyl (C=O) groups is 4. The van der Waals surface area contributed by atoms with Crippen molar-refractivity contribution in [1.29, 1.82) is 0 Å². The number of halogens is 1. The lowest BCUT2D eigenvalue weighted by Crippen LogP contribution is -2.54. The van der Waals surface area contributed by atoms with E-state index >= 15 is 0 Å². The molecule has 3 heterocycles. The van der Waals surface area contributed by atoms with Crippen LogP contribution in [0.3, 0.4) is 0 Å². The summed E-state index contributed by atoms with van der Waals surface area (Å²) in [4.78, 5) is 49.7. The van der Waals surface area contributed by atoms with Gasteiger partial charge < -0.3 is 10.6 Å². The Hall–Kier alpha value is -2.81. The second kappa shape index (κ2) is 7.31. The summed E-state index contributed by atoms with van der Waals surface area (Å²) >= 11 is 0. The van der Waals surface area contributed by atoms with Crippen molar-refractivity contribution in [1.82, 2.24) is 15.5 Å². The number of benzene rings is 1. The van der Waals surface area contributed by atoms with Gasteiger partial charge in [-0.2, -0.15) is 0 Å². The molecule has 4 amide bonds. The van der Waals surface area contributed by atoms with Crippen LogP contribution in [0.5, 0.6) is 0 Å². The van der Waals surface area contributed by atoms with Crippen LogP contribution < -0.4 is 16.0 Å². The van der Waals surface area contributed by atoms with Gasteiger partial charge in [0, 0.05) is 13.0 Å². The maximum absolute atomic E-state index is 14.5. The predicted molar refractivity (Wildman–Crippen MR) is 97.2 cm³/mol. The normalized spacial score (nSPS) is 23.0. The Morgan fingerprint density at radius 2 is 1.71 bits per heavy atom. The third-order valence-corrected chi connectivity index (χ3v) is 5.57. The first-order valence-corrected chi connectivity index (χ1v) is 9.45. The highest BCUT2D eigenvalue weighted by Crippen LogP contribution is 2.31. The fourth-order valence-electron chi connectivity index (χ4n) is 3.97. The molecule has 3 aliphatic heterocycles. The van der Waals surface area contributed by atoms with Gasteiger partial charge in [-0.1, -0.05) is 0 Å². The average molecular weight is 388 g/mol. The minimum absolute atomic E-state index is 0.0429. The Morgan fingerprint density at radius 1 is 1.04 bits per heavy atom. The first-order valence-electron chi connectivity index (χ1n) is 9.45. The third-order valence-electron chi connectivity index (χ3n) is 5.57. The molecular weight excluding hydrogens is 367 g/mol. The Bertz CT molecular complexity index is 866. The minimum Gasteiger partial charge on any atom is -0.382 e. The number of rotatable bonds is 4. The van der Waals surface area contributed by atoms with Crippen LogP contribution in [-0.4, -0.2) is 54.2 Å². The zero-order chi connectivity index (χ0) is 19.8. The highest BCUT2D eigenvalue weighted by atomic mass is 19.1. The molecule has 0 bridgehead atoms. The molecule has 2 fully saturated rings. The zero-order valence-electron chi connectivity index (χ0n) is 15.2. The number of fused-ring (bicyclic) bond motifs is 1. The molecule has 1 aromatic carbocycles. The molecular formula is C19H21FN4O4. The van der Waals surface area contributed by atoms with Gasteiger partial charge in [-0.25, -0.2) is 4.39 Å². The van der Waals surface area contributed by atoms with E-state index in [1.165, 1.54) is 6.07 Å². The Morgan fingerprint density at radius 3 is 2.39 bits per heavy atom. The van der Waals surface area contributed by atoms with E-state index in [1.807, 2.05) is 0 Å². The van der Waals surface area contributed by atoms with Gasteiger partial charge in [0.15, 0.2) is 0 Å². The lowest BCUT2D eigenvalue weighted by Gasteiger charge is -2.27. The van der Waals surface area contributed by atoms with Gasteiger partial charge in [0.05, 0.1) is 16.8 Å². The van der Waals surface area contributed by atoms with Gasteiger partial charge in [0.25, 0.3) is 11.8 Å². The molecule has 8 nitrogen and oxygen atoms in total. The molecule has 0 aromatic heterocycles. The van der Waals surface area contributed by atoms with Crippen molar-refractivity contribution in [2.75, 3.05) is 25.0 Å². The van der Waals surface area contributed by atoms with Crippen LogP contribution >= 0.6 is 0 Å². The van der Waals surface area contributed by atoms with Gasteiger partial charge in [0.1, 0.15) is 11.9 Å². The van der Waals surface area contributed by atoms with Crippen molar-refractivity contribution in [2.24, 2.45) is 5.92 Å². The van der Waals surface area contributed by atoms with E-state index in [-0.39, 0.29) is 29.7 Å².